The Kier molecular flexibility index (Phi) is 6.90. The Morgan fingerprint density at radius 1 is 1.17 bits per heavy atom. The van der Waals surface area contributed by atoms with Gasteiger partial charge in [0.2, 0.25) is 0 Å². The monoisotopic (exact) mass is 513 g/mol. The van der Waals surface area contributed by atoms with Gasteiger partial charge in [-0.3, -0.25) is 4.79 Å². The molecule has 3 N–H and O–H groups in total. The Bertz CT molecular complexity index is 1400. The first-order valence-electron chi connectivity index (χ1n) is 11.5. The summed E-state index contributed by atoms with van der Waals surface area (Å²) in [6.07, 6.45) is 0.635. The molecule has 1 aromatic heterocycles. The molecule has 0 atom stereocenters. The zero-order valence-electron chi connectivity index (χ0n) is 20.2. The molecular weight excluding hydrogens is 485 g/mol. The molecular formula is C26H28FN3O5S. The third kappa shape index (κ3) is 5.76. The summed E-state index contributed by atoms with van der Waals surface area (Å²) in [4.78, 5) is 16.8. The summed E-state index contributed by atoms with van der Waals surface area (Å²) in [5, 5.41) is -0.364. The van der Waals surface area contributed by atoms with Crippen LogP contribution in [0.3, 0.4) is 0 Å². The number of ether oxygens (including phenoxy) is 2. The van der Waals surface area contributed by atoms with E-state index in [1.165, 1.54) is 30.3 Å². The maximum atomic E-state index is 14.4. The third-order valence-electron chi connectivity index (χ3n) is 5.57. The lowest BCUT2D eigenvalue weighted by molar-refractivity contribution is -0.127. The van der Waals surface area contributed by atoms with E-state index in [2.05, 4.69) is 9.71 Å². The molecule has 1 saturated carbocycles. The summed E-state index contributed by atoms with van der Waals surface area (Å²) in [6.45, 7) is 6.28. The number of nitrogens with zero attached hydrogens (tertiary/aromatic N) is 1. The minimum Gasteiger partial charge on any atom is -0.493 e. The first kappa shape index (κ1) is 25.4. The first-order valence-corrected chi connectivity index (χ1v) is 13.0. The number of hydrogen-bond donors (Lipinski definition) is 2. The molecule has 0 bridgehead atoms. The fraction of sp³-hybridized carbons (Fsp3) is 0.308. The summed E-state index contributed by atoms with van der Waals surface area (Å²) in [7, 11) is -4.25. The minimum atomic E-state index is -4.25. The van der Waals surface area contributed by atoms with Gasteiger partial charge in [-0.2, -0.15) is 8.42 Å². The lowest BCUT2D eigenvalue weighted by Crippen LogP contribution is -2.43. The van der Waals surface area contributed by atoms with Crippen molar-refractivity contribution in [1.29, 1.82) is 0 Å². The molecule has 36 heavy (non-hydrogen) atoms. The predicted octanol–water partition coefficient (Wildman–Crippen LogP) is 4.23. The van der Waals surface area contributed by atoms with E-state index >= 15 is 0 Å². The zero-order valence-corrected chi connectivity index (χ0v) is 21.1. The highest BCUT2D eigenvalue weighted by atomic mass is 32.2. The number of carbonyl (C=O) groups is 1. The van der Waals surface area contributed by atoms with Gasteiger partial charge in [0.15, 0.2) is 10.6 Å². The molecule has 0 aliphatic heterocycles. The van der Waals surface area contributed by atoms with Crippen molar-refractivity contribution in [3.63, 3.8) is 0 Å². The average molecular weight is 514 g/mol. The number of amides is 1. The van der Waals surface area contributed by atoms with E-state index in [1.807, 2.05) is 26.8 Å². The predicted molar refractivity (Wildman–Crippen MR) is 133 cm³/mol. The quantitative estimate of drug-likeness (QED) is 0.439. The van der Waals surface area contributed by atoms with Gasteiger partial charge in [0.25, 0.3) is 15.9 Å². The highest BCUT2D eigenvalue weighted by Gasteiger charge is 2.54. The summed E-state index contributed by atoms with van der Waals surface area (Å²) >= 11 is 0. The lowest BCUT2D eigenvalue weighted by Gasteiger charge is -2.21. The van der Waals surface area contributed by atoms with E-state index < -0.39 is 27.3 Å². The molecule has 2 aromatic carbocycles. The number of pyridine rings is 1. The number of nitrogens with one attached hydrogen (secondary N) is 1. The Balaban J connectivity index is 1.61. The fourth-order valence-corrected chi connectivity index (χ4v) is 4.58. The molecule has 0 spiro atoms. The Labute approximate surface area is 209 Å². The second kappa shape index (κ2) is 9.77. The van der Waals surface area contributed by atoms with Gasteiger partial charge in [0, 0.05) is 24.5 Å². The molecule has 190 valence electrons. The standard InChI is InChI=1S/C26H28FN3O5S/c1-16(2)15-34-20-13-18(12-19(27)14-20)21-8-7-17(3)11-22(21)35-26(9-10-26)25(31)30-36(32,33)24-6-4-5-23(28)29-24/h4-8,11-14,16H,9-10,15H2,1-3H3,(H2,28,29)(H,30,31). The summed E-state index contributed by atoms with van der Waals surface area (Å²) in [6, 6.07) is 13.8. The van der Waals surface area contributed by atoms with Gasteiger partial charge in [-0.15, -0.1) is 0 Å². The summed E-state index contributed by atoms with van der Waals surface area (Å²) in [5.41, 5.74) is 6.12. The van der Waals surface area contributed by atoms with Crippen LogP contribution in [0.1, 0.15) is 32.3 Å². The van der Waals surface area contributed by atoms with Crippen molar-refractivity contribution < 1.29 is 27.1 Å². The number of rotatable bonds is 9. The van der Waals surface area contributed by atoms with Gasteiger partial charge < -0.3 is 15.2 Å². The van der Waals surface area contributed by atoms with Crippen molar-refractivity contribution in [3.05, 3.63) is 66.0 Å². The van der Waals surface area contributed by atoms with Crippen molar-refractivity contribution in [2.24, 2.45) is 5.92 Å². The van der Waals surface area contributed by atoms with E-state index in [1.54, 1.807) is 18.2 Å². The number of anilines is 1. The molecule has 1 amide bonds. The Morgan fingerprint density at radius 2 is 1.92 bits per heavy atom. The molecule has 1 fully saturated rings. The van der Waals surface area contributed by atoms with Crippen LogP contribution in [0.25, 0.3) is 11.1 Å². The van der Waals surface area contributed by atoms with Crippen LogP contribution in [0.15, 0.2) is 59.6 Å². The maximum Gasteiger partial charge on any atom is 0.281 e. The van der Waals surface area contributed by atoms with Gasteiger partial charge in [0.05, 0.1) is 6.61 Å². The second-order valence-electron chi connectivity index (χ2n) is 9.31. The van der Waals surface area contributed by atoms with Gasteiger partial charge in [-0.25, -0.2) is 14.1 Å². The normalized spacial score (nSPS) is 14.4. The van der Waals surface area contributed by atoms with Crippen LogP contribution >= 0.6 is 0 Å². The first-order chi connectivity index (χ1) is 17.0. The largest absolute Gasteiger partial charge is 0.493 e. The lowest BCUT2D eigenvalue weighted by atomic mass is 10.0. The van der Waals surface area contributed by atoms with Crippen LogP contribution < -0.4 is 19.9 Å². The number of aromatic nitrogens is 1. The van der Waals surface area contributed by atoms with Crippen molar-refractivity contribution in [3.8, 4) is 22.6 Å². The number of aryl methyl sites for hydroxylation is 1. The Hall–Kier alpha value is -3.66. The van der Waals surface area contributed by atoms with Crippen molar-refractivity contribution in [1.82, 2.24) is 9.71 Å². The second-order valence-corrected chi connectivity index (χ2v) is 10.9. The molecule has 0 radical (unpaired) electrons. The fourth-order valence-electron chi connectivity index (χ4n) is 3.56. The third-order valence-corrected chi connectivity index (χ3v) is 6.81. The molecule has 10 heteroatoms. The summed E-state index contributed by atoms with van der Waals surface area (Å²) < 4.78 is 53.7. The smallest absolute Gasteiger partial charge is 0.281 e. The number of benzene rings is 2. The maximum absolute atomic E-state index is 14.4. The highest BCUT2D eigenvalue weighted by molar-refractivity contribution is 7.90. The van der Waals surface area contributed by atoms with E-state index in [4.69, 9.17) is 15.2 Å². The van der Waals surface area contributed by atoms with Crippen LogP contribution in [0.5, 0.6) is 11.5 Å². The molecule has 4 rings (SSSR count). The number of hydrogen-bond acceptors (Lipinski definition) is 7. The van der Waals surface area contributed by atoms with Gasteiger partial charge in [-0.1, -0.05) is 32.0 Å². The average Bonchev–Trinajstić information content (AvgIpc) is 3.58. The van der Waals surface area contributed by atoms with Crippen LogP contribution in [0, 0.1) is 18.7 Å². The molecule has 3 aromatic rings. The van der Waals surface area contributed by atoms with Crippen LogP contribution in [0.4, 0.5) is 10.2 Å². The highest BCUT2D eigenvalue weighted by Crippen LogP contribution is 2.44. The van der Waals surface area contributed by atoms with E-state index in [9.17, 15) is 17.6 Å². The number of sulfonamides is 1. The van der Waals surface area contributed by atoms with Crippen LogP contribution in [-0.4, -0.2) is 31.5 Å². The van der Waals surface area contributed by atoms with Gasteiger partial charge in [0.1, 0.15) is 23.1 Å². The van der Waals surface area contributed by atoms with E-state index in [0.717, 1.165) is 5.56 Å². The van der Waals surface area contributed by atoms with Crippen molar-refractivity contribution in [2.75, 3.05) is 12.3 Å². The molecule has 8 nitrogen and oxygen atoms in total. The molecule has 1 aliphatic carbocycles. The Morgan fingerprint density at radius 3 is 2.58 bits per heavy atom. The van der Waals surface area contributed by atoms with Gasteiger partial charge >= 0.3 is 0 Å². The van der Waals surface area contributed by atoms with Crippen LogP contribution in [0.2, 0.25) is 0 Å². The van der Waals surface area contributed by atoms with Gasteiger partial charge in [-0.05, 0) is 54.3 Å². The minimum absolute atomic E-state index is 0.0129. The SMILES string of the molecule is Cc1ccc(-c2cc(F)cc(OCC(C)C)c2)c(OC2(C(=O)NS(=O)(=O)c3cccc(N)n3)CC2)c1. The van der Waals surface area contributed by atoms with E-state index in [0.29, 0.717) is 42.1 Å². The van der Waals surface area contributed by atoms with Crippen molar-refractivity contribution >= 4 is 21.7 Å². The number of nitrogens with two attached hydrogens (primary N) is 1. The molecule has 1 heterocycles. The molecule has 1 aliphatic rings. The molecule has 0 unspecified atom stereocenters. The number of carbonyl (C=O) groups excluding carboxylic acids is 1. The topological polar surface area (TPSA) is 121 Å². The zero-order chi connectivity index (χ0) is 26.1. The number of halogens is 1. The molecule has 0 saturated heterocycles. The summed E-state index contributed by atoms with van der Waals surface area (Å²) in [5.74, 6) is -0.287. The van der Waals surface area contributed by atoms with Crippen LogP contribution in [-0.2, 0) is 14.8 Å². The van der Waals surface area contributed by atoms with E-state index in [-0.39, 0.29) is 16.8 Å². The van der Waals surface area contributed by atoms with Crippen molar-refractivity contribution in [2.45, 2.75) is 44.2 Å². The number of nitrogen functional groups attached to an aromatic ring is 1.